The highest BCUT2D eigenvalue weighted by Crippen LogP contribution is 2.47. The molecule has 0 radical (unpaired) electrons. The summed E-state index contributed by atoms with van der Waals surface area (Å²) in [4.78, 5) is 35.6. The topological polar surface area (TPSA) is 250 Å². The summed E-state index contributed by atoms with van der Waals surface area (Å²) in [5.74, 6) is -1.23. The van der Waals surface area contributed by atoms with Crippen molar-refractivity contribution in [2.75, 3.05) is 13.2 Å². The fourth-order valence-electron chi connectivity index (χ4n) is 6.41. The van der Waals surface area contributed by atoms with Gasteiger partial charge < -0.3 is 50.1 Å². The van der Waals surface area contributed by atoms with Crippen LogP contribution in [-0.4, -0.2) is 121 Å². The molecule has 0 heterocycles. The Kier molecular flexibility index (Phi) is 31.3. The predicted molar refractivity (Wildman–Crippen MR) is 224 cm³/mol. The smallest absolute Gasteiger partial charge is 0.462 e. The number of ether oxygens (including phenoxy) is 2. The van der Waals surface area contributed by atoms with Crippen LogP contribution in [0.3, 0.4) is 0 Å². The third kappa shape index (κ3) is 26.2. The molecule has 0 aromatic rings. The van der Waals surface area contributed by atoms with Gasteiger partial charge in [-0.2, -0.15) is 0 Å². The molecule has 10 atom stereocenters. The lowest BCUT2D eigenvalue weighted by atomic mass is 9.85. The zero-order chi connectivity index (χ0) is 43.9. The van der Waals surface area contributed by atoms with E-state index in [1.165, 1.54) is 6.42 Å². The summed E-state index contributed by atoms with van der Waals surface area (Å²) in [6.45, 7) is 3.01. The van der Waals surface area contributed by atoms with Crippen LogP contribution in [0.4, 0.5) is 0 Å². The van der Waals surface area contributed by atoms with E-state index in [0.717, 1.165) is 89.9 Å². The van der Waals surface area contributed by atoms with Gasteiger partial charge in [0.1, 0.15) is 43.2 Å². The van der Waals surface area contributed by atoms with Crippen LogP contribution in [0.2, 0.25) is 0 Å². The Balaban J connectivity index is 2.54. The Morgan fingerprint density at radius 1 is 0.593 bits per heavy atom. The van der Waals surface area contributed by atoms with Gasteiger partial charge in [-0.3, -0.25) is 18.6 Å². The second-order valence-corrected chi connectivity index (χ2v) is 16.9. The molecule has 0 amide bonds. The summed E-state index contributed by atoms with van der Waals surface area (Å²) in [7, 11) is -5.15. The molecule has 0 aromatic heterocycles. The maximum absolute atomic E-state index is 12.8. The number of aliphatic hydroxyl groups excluding tert-OH is 7. The molecule has 1 aliphatic rings. The van der Waals surface area contributed by atoms with Crippen molar-refractivity contribution >= 4 is 19.8 Å². The van der Waals surface area contributed by atoms with E-state index in [9.17, 15) is 54.8 Å². The van der Waals surface area contributed by atoms with Crippen LogP contribution in [0, 0.1) is 0 Å². The van der Waals surface area contributed by atoms with E-state index in [1.54, 1.807) is 0 Å². The van der Waals surface area contributed by atoms with Gasteiger partial charge >= 0.3 is 19.8 Å². The first kappa shape index (κ1) is 55.0. The van der Waals surface area contributed by atoms with Crippen LogP contribution >= 0.6 is 7.82 Å². The van der Waals surface area contributed by atoms with Gasteiger partial charge in [-0.25, -0.2) is 4.57 Å². The molecular formula is C43H77O15P. The molecule has 0 aliphatic heterocycles. The second kappa shape index (κ2) is 33.6. The molecule has 0 saturated heterocycles. The fraction of sp³-hybridized carbons (Fsp3) is 0.814. The average Bonchev–Trinajstić information content (AvgIpc) is 3.21. The summed E-state index contributed by atoms with van der Waals surface area (Å²) < 4.78 is 33.3. The number of unbranched alkanes of at least 4 members (excludes halogenated alkanes) is 13. The van der Waals surface area contributed by atoms with E-state index in [2.05, 4.69) is 38.2 Å². The number of carbonyl (C=O) groups is 2. The van der Waals surface area contributed by atoms with Gasteiger partial charge in [-0.05, 0) is 64.2 Å². The number of carbonyl (C=O) groups excluding carboxylic acids is 2. The molecule has 0 bridgehead atoms. The van der Waals surface area contributed by atoms with E-state index in [0.29, 0.717) is 32.1 Å². The molecular weight excluding hydrogens is 787 g/mol. The Hall–Kier alpha value is -2.01. The minimum atomic E-state index is -5.15. The number of phosphoric ester groups is 1. The van der Waals surface area contributed by atoms with Crippen molar-refractivity contribution in [2.24, 2.45) is 0 Å². The third-order valence-corrected chi connectivity index (χ3v) is 11.1. The summed E-state index contributed by atoms with van der Waals surface area (Å²) in [6.07, 6.45) is 15.1. The zero-order valence-electron chi connectivity index (χ0n) is 35.5. The molecule has 1 fully saturated rings. The molecule has 0 aromatic carbocycles. The highest BCUT2D eigenvalue weighted by Gasteiger charge is 2.51. The number of phosphoric acid groups is 1. The van der Waals surface area contributed by atoms with Gasteiger partial charge in [-0.15, -0.1) is 0 Å². The van der Waals surface area contributed by atoms with Crippen LogP contribution < -0.4 is 0 Å². The zero-order valence-corrected chi connectivity index (χ0v) is 36.4. The van der Waals surface area contributed by atoms with Gasteiger partial charge in [0.05, 0.1) is 18.8 Å². The van der Waals surface area contributed by atoms with Crippen molar-refractivity contribution in [2.45, 2.75) is 210 Å². The van der Waals surface area contributed by atoms with Gasteiger partial charge in [-0.1, -0.05) is 115 Å². The minimum Gasteiger partial charge on any atom is -0.462 e. The quantitative estimate of drug-likeness (QED) is 0.0163. The van der Waals surface area contributed by atoms with Crippen LogP contribution in [0.15, 0.2) is 36.5 Å². The molecule has 16 heteroatoms. The first-order valence-electron chi connectivity index (χ1n) is 22.0. The number of aliphatic hydroxyl groups is 7. The molecule has 1 rings (SSSR count). The van der Waals surface area contributed by atoms with E-state index >= 15 is 0 Å². The predicted octanol–water partition coefficient (Wildman–Crippen LogP) is 5.77. The number of allylic oxidation sites excluding steroid dienone is 5. The van der Waals surface area contributed by atoms with Crippen LogP contribution in [0.1, 0.15) is 155 Å². The van der Waals surface area contributed by atoms with Gasteiger partial charge in [0.25, 0.3) is 0 Å². The van der Waals surface area contributed by atoms with Crippen LogP contribution in [0.5, 0.6) is 0 Å². The summed E-state index contributed by atoms with van der Waals surface area (Å²) in [6, 6.07) is 0. The number of rotatable bonds is 35. The molecule has 1 saturated carbocycles. The molecule has 15 nitrogen and oxygen atoms in total. The van der Waals surface area contributed by atoms with Crippen molar-refractivity contribution in [1.29, 1.82) is 0 Å². The first-order chi connectivity index (χ1) is 28.2. The van der Waals surface area contributed by atoms with Crippen LogP contribution in [-0.2, 0) is 32.7 Å². The Morgan fingerprint density at radius 3 is 1.75 bits per heavy atom. The lowest BCUT2D eigenvalue weighted by molar-refractivity contribution is -0.220. The maximum atomic E-state index is 12.8. The van der Waals surface area contributed by atoms with E-state index in [1.807, 2.05) is 12.2 Å². The summed E-state index contributed by atoms with van der Waals surface area (Å²) >= 11 is 0. The second-order valence-electron chi connectivity index (χ2n) is 15.5. The van der Waals surface area contributed by atoms with Gasteiger partial charge in [0, 0.05) is 12.8 Å². The highest BCUT2D eigenvalue weighted by molar-refractivity contribution is 7.47. The summed E-state index contributed by atoms with van der Waals surface area (Å²) in [5.41, 5.74) is 0. The van der Waals surface area contributed by atoms with E-state index in [-0.39, 0.29) is 12.8 Å². The molecule has 0 spiro atoms. The van der Waals surface area contributed by atoms with Crippen molar-refractivity contribution in [3.63, 3.8) is 0 Å². The maximum Gasteiger partial charge on any atom is 0.472 e. The number of esters is 2. The van der Waals surface area contributed by atoms with Crippen molar-refractivity contribution in [3.8, 4) is 0 Å². The molecule has 1 aliphatic carbocycles. The third-order valence-electron chi connectivity index (χ3n) is 10.1. The van der Waals surface area contributed by atoms with Gasteiger partial charge in [0.15, 0.2) is 6.10 Å². The van der Waals surface area contributed by atoms with E-state index < -0.39 is 87.9 Å². The fourth-order valence-corrected chi connectivity index (χ4v) is 7.38. The summed E-state index contributed by atoms with van der Waals surface area (Å²) in [5, 5.41) is 70.5. The van der Waals surface area contributed by atoms with Crippen LogP contribution in [0.25, 0.3) is 0 Å². The molecule has 8 N–H and O–H groups in total. The van der Waals surface area contributed by atoms with Gasteiger partial charge in [0.2, 0.25) is 0 Å². The minimum absolute atomic E-state index is 0.0481. The lowest BCUT2D eigenvalue weighted by Gasteiger charge is -2.41. The molecule has 59 heavy (non-hydrogen) atoms. The van der Waals surface area contributed by atoms with Crippen molar-refractivity contribution < 1.29 is 73.3 Å². The Morgan fingerprint density at radius 2 is 1.12 bits per heavy atom. The van der Waals surface area contributed by atoms with Crippen molar-refractivity contribution in [3.05, 3.63) is 36.5 Å². The lowest BCUT2D eigenvalue weighted by Crippen LogP contribution is -2.64. The molecule has 3 unspecified atom stereocenters. The Bertz CT molecular complexity index is 1210. The number of hydrogen-bond acceptors (Lipinski definition) is 14. The van der Waals surface area contributed by atoms with Crippen molar-refractivity contribution in [1.82, 2.24) is 0 Å². The first-order valence-corrected chi connectivity index (χ1v) is 23.5. The molecule has 344 valence electrons. The average molecular weight is 865 g/mol. The Labute approximate surface area is 352 Å². The SMILES string of the molecule is CCC/C=C\C/C=C\CCCCCCCC(=O)O[C@H](COC(=O)CCCCCCC[C@@H](O)[C@H](O)C/C=C\CCCCC)COP(=O)(O)OC1[C@H](O)[C@H](O)C(O)[C@H](O)[C@H]1O. The van der Waals surface area contributed by atoms with E-state index in [4.69, 9.17) is 18.5 Å². The highest BCUT2D eigenvalue weighted by atomic mass is 31.2. The largest absolute Gasteiger partial charge is 0.472 e. The normalized spacial score (nSPS) is 23.8. The monoisotopic (exact) mass is 865 g/mol. The standard InChI is InChI=1S/C43H77O15P/c1-3-5-7-9-11-12-13-14-15-16-17-21-26-30-37(47)57-33(32-56-59(53,54)58-43-41(51)39(49)38(48)40(50)42(43)52)31-55-36(46)29-25-22-18-20-24-28-35(45)34(44)27-23-19-10-8-6-4-2/h7,9,12-13,19,23,33-35,38-45,48-52H,3-6,8,10-11,14-18,20-22,24-32H2,1-2H3,(H,53,54)/b9-7-,13-12-,23-19-/t33-,34-,35-,38?,39-,40+,41-,42-,43?/m1/s1. The number of hydrogen-bond donors (Lipinski definition) is 8.